The van der Waals surface area contributed by atoms with Crippen LogP contribution in [0.2, 0.25) is 0 Å². The molecule has 2 aromatic rings. The predicted molar refractivity (Wildman–Crippen MR) is 119 cm³/mol. The molecule has 0 bridgehead atoms. The largest absolute Gasteiger partial charge is 0.497 e. The molecule has 0 aromatic heterocycles. The zero-order valence-corrected chi connectivity index (χ0v) is 18.8. The van der Waals surface area contributed by atoms with Gasteiger partial charge in [-0.3, -0.25) is 24.2 Å². The molecule has 3 heterocycles. The zero-order valence-electron chi connectivity index (χ0n) is 17.9. The molecule has 3 aliphatic rings. The Balaban J connectivity index is 1.33. The molecular formula is C24H20N2O6S. The number of benzene rings is 2. The lowest BCUT2D eigenvalue weighted by Gasteiger charge is -2.51. The lowest BCUT2D eigenvalue weighted by molar-refractivity contribution is -0.154. The molecular weight excluding hydrogens is 444 g/mol. The molecule has 33 heavy (non-hydrogen) atoms. The van der Waals surface area contributed by atoms with Gasteiger partial charge in [-0.2, -0.15) is 0 Å². The summed E-state index contributed by atoms with van der Waals surface area (Å²) in [5.41, 5.74) is 2.26. The van der Waals surface area contributed by atoms with E-state index >= 15 is 0 Å². The number of hydrogen-bond acceptors (Lipinski definition) is 7. The van der Waals surface area contributed by atoms with Crippen LogP contribution in [0.25, 0.3) is 0 Å². The van der Waals surface area contributed by atoms with Crippen molar-refractivity contribution in [3.05, 3.63) is 76.5 Å². The first kappa shape index (κ1) is 21.3. The lowest BCUT2D eigenvalue weighted by atomic mass is 10.0. The number of fused-ring (bicyclic) bond motifs is 2. The number of imide groups is 1. The summed E-state index contributed by atoms with van der Waals surface area (Å²) in [6.45, 7) is 1.82. The Hall–Kier alpha value is -3.59. The van der Waals surface area contributed by atoms with Crippen LogP contribution in [0.3, 0.4) is 0 Å². The number of methoxy groups -OCH3 is 1. The molecule has 3 amide bonds. The summed E-state index contributed by atoms with van der Waals surface area (Å²) in [4.78, 5) is 54.2. The number of thioether (sulfide) groups is 1. The summed E-state index contributed by atoms with van der Waals surface area (Å²) in [7, 11) is 1.57. The summed E-state index contributed by atoms with van der Waals surface area (Å²) in [5.74, 6) is -0.851. The standard InChI is InChI=1S/C24H20N2O6S/c1-13-12-33-23-19(25-20(27)16-5-3-4-6-17(16)21(25)28)22(29)26(23)18(13)24(30)32-11-14-7-9-15(31-2)10-8-14/h3-10,19,23H,11-12H2,1-2H3/t19?,23-/m0/s1. The highest BCUT2D eigenvalue weighted by Crippen LogP contribution is 2.44. The van der Waals surface area contributed by atoms with E-state index in [1.807, 2.05) is 0 Å². The zero-order chi connectivity index (χ0) is 23.3. The van der Waals surface area contributed by atoms with Crippen LogP contribution in [0.4, 0.5) is 0 Å². The van der Waals surface area contributed by atoms with E-state index in [4.69, 9.17) is 9.47 Å². The normalized spacial score (nSPS) is 21.6. The molecule has 0 saturated carbocycles. The molecule has 168 valence electrons. The second kappa shape index (κ2) is 8.08. The van der Waals surface area contributed by atoms with Crippen molar-refractivity contribution < 1.29 is 28.7 Å². The highest BCUT2D eigenvalue weighted by atomic mass is 32.2. The van der Waals surface area contributed by atoms with Crippen molar-refractivity contribution in [3.8, 4) is 5.75 Å². The van der Waals surface area contributed by atoms with Gasteiger partial charge in [-0.1, -0.05) is 24.3 Å². The molecule has 2 atom stereocenters. The molecule has 5 rings (SSSR count). The Morgan fingerprint density at radius 3 is 2.24 bits per heavy atom. The number of carbonyl (C=O) groups excluding carboxylic acids is 4. The molecule has 0 aliphatic carbocycles. The number of carbonyl (C=O) groups is 4. The van der Waals surface area contributed by atoms with Crippen molar-refractivity contribution >= 4 is 35.5 Å². The van der Waals surface area contributed by atoms with Gasteiger partial charge in [0.1, 0.15) is 29.5 Å². The van der Waals surface area contributed by atoms with Gasteiger partial charge in [0, 0.05) is 5.75 Å². The Bertz CT molecular complexity index is 1190. The number of amides is 3. The van der Waals surface area contributed by atoms with Gasteiger partial charge < -0.3 is 9.47 Å². The van der Waals surface area contributed by atoms with E-state index in [-0.39, 0.29) is 12.3 Å². The molecule has 3 aliphatic heterocycles. The highest BCUT2D eigenvalue weighted by Gasteiger charge is 2.59. The highest BCUT2D eigenvalue weighted by molar-refractivity contribution is 8.00. The van der Waals surface area contributed by atoms with E-state index in [0.717, 1.165) is 10.5 Å². The van der Waals surface area contributed by atoms with Crippen molar-refractivity contribution in [2.75, 3.05) is 12.9 Å². The Morgan fingerprint density at radius 1 is 1.00 bits per heavy atom. The first-order valence-corrected chi connectivity index (χ1v) is 11.4. The molecule has 0 N–H and O–H groups in total. The maximum absolute atomic E-state index is 13.1. The van der Waals surface area contributed by atoms with E-state index in [9.17, 15) is 19.2 Å². The maximum Gasteiger partial charge on any atom is 0.355 e. The number of ether oxygens (including phenoxy) is 2. The van der Waals surface area contributed by atoms with Crippen molar-refractivity contribution in [2.24, 2.45) is 0 Å². The second-order valence-corrected chi connectivity index (χ2v) is 9.04. The van der Waals surface area contributed by atoms with Gasteiger partial charge in [0.25, 0.3) is 17.7 Å². The minimum atomic E-state index is -0.945. The SMILES string of the molecule is COc1ccc(COC(=O)C2=C(C)CS[C@H]3C(N4C(=O)c5ccccc5C4=O)C(=O)N23)cc1. The Kier molecular flexibility index (Phi) is 5.20. The van der Waals surface area contributed by atoms with Crippen LogP contribution in [-0.4, -0.2) is 57.8 Å². The van der Waals surface area contributed by atoms with E-state index in [1.54, 1.807) is 62.6 Å². The van der Waals surface area contributed by atoms with Crippen molar-refractivity contribution in [1.29, 1.82) is 0 Å². The smallest absolute Gasteiger partial charge is 0.355 e. The quantitative estimate of drug-likeness (QED) is 0.381. The maximum atomic E-state index is 13.1. The molecule has 2 aromatic carbocycles. The van der Waals surface area contributed by atoms with Crippen LogP contribution in [-0.2, 0) is 20.9 Å². The second-order valence-electron chi connectivity index (χ2n) is 7.93. The van der Waals surface area contributed by atoms with Crippen LogP contribution >= 0.6 is 11.8 Å². The third-order valence-corrected chi connectivity index (χ3v) is 7.37. The average Bonchev–Trinajstić information content (AvgIpc) is 3.08. The first-order chi connectivity index (χ1) is 15.9. The summed E-state index contributed by atoms with van der Waals surface area (Å²) < 4.78 is 10.6. The van der Waals surface area contributed by atoms with Crippen LogP contribution in [0.1, 0.15) is 33.2 Å². The van der Waals surface area contributed by atoms with Gasteiger partial charge in [0.05, 0.1) is 18.2 Å². The monoisotopic (exact) mass is 464 g/mol. The lowest BCUT2D eigenvalue weighted by Crippen LogP contribution is -2.71. The summed E-state index contributed by atoms with van der Waals surface area (Å²) >= 11 is 1.42. The van der Waals surface area contributed by atoms with E-state index in [0.29, 0.717) is 28.2 Å². The topological polar surface area (TPSA) is 93.2 Å². The van der Waals surface area contributed by atoms with Crippen molar-refractivity contribution in [1.82, 2.24) is 9.80 Å². The average molecular weight is 464 g/mol. The Morgan fingerprint density at radius 2 is 1.64 bits per heavy atom. The number of nitrogens with zero attached hydrogens (tertiary/aromatic N) is 2. The molecule has 1 unspecified atom stereocenters. The molecule has 9 heteroatoms. The minimum Gasteiger partial charge on any atom is -0.497 e. The van der Waals surface area contributed by atoms with Gasteiger partial charge in [0.2, 0.25) is 0 Å². The summed E-state index contributed by atoms with van der Waals surface area (Å²) in [6.07, 6.45) is 0. The fourth-order valence-corrected chi connectivity index (χ4v) is 5.58. The summed E-state index contributed by atoms with van der Waals surface area (Å²) in [5, 5.41) is -0.521. The third kappa shape index (κ3) is 3.31. The molecule has 0 radical (unpaired) electrons. The van der Waals surface area contributed by atoms with E-state index in [2.05, 4.69) is 0 Å². The van der Waals surface area contributed by atoms with Gasteiger partial charge in [-0.15, -0.1) is 11.8 Å². The van der Waals surface area contributed by atoms with Crippen molar-refractivity contribution in [2.45, 2.75) is 24.9 Å². The minimum absolute atomic E-state index is 0.0429. The van der Waals surface area contributed by atoms with Gasteiger partial charge in [-0.05, 0) is 42.3 Å². The molecule has 1 saturated heterocycles. The van der Waals surface area contributed by atoms with Crippen molar-refractivity contribution in [3.63, 3.8) is 0 Å². The fraction of sp³-hybridized carbons (Fsp3) is 0.250. The third-order valence-electron chi connectivity index (χ3n) is 5.96. The molecule has 8 nitrogen and oxygen atoms in total. The van der Waals surface area contributed by atoms with Crippen LogP contribution < -0.4 is 4.74 Å². The predicted octanol–water partition coefficient (Wildman–Crippen LogP) is 2.59. The first-order valence-electron chi connectivity index (χ1n) is 10.3. The van der Waals surface area contributed by atoms with Crippen LogP contribution in [0.5, 0.6) is 5.75 Å². The number of β-lactam (4-membered cyclic amide) rings is 1. The van der Waals surface area contributed by atoms with Gasteiger partial charge in [-0.25, -0.2) is 4.79 Å². The van der Waals surface area contributed by atoms with Crippen LogP contribution in [0, 0.1) is 0 Å². The number of rotatable bonds is 5. The molecule has 0 spiro atoms. The fourth-order valence-electron chi connectivity index (χ4n) is 4.25. The van der Waals surface area contributed by atoms with Gasteiger partial charge in [0.15, 0.2) is 0 Å². The van der Waals surface area contributed by atoms with Crippen LogP contribution in [0.15, 0.2) is 59.8 Å². The molecule has 1 fully saturated rings. The van der Waals surface area contributed by atoms with Gasteiger partial charge >= 0.3 is 5.97 Å². The Labute approximate surface area is 194 Å². The van der Waals surface area contributed by atoms with E-state index in [1.165, 1.54) is 16.7 Å². The van der Waals surface area contributed by atoms with E-state index < -0.39 is 35.1 Å². The summed E-state index contributed by atoms with van der Waals surface area (Å²) in [6, 6.07) is 12.7. The number of hydrogen-bond donors (Lipinski definition) is 0. The number of esters is 1.